The van der Waals surface area contributed by atoms with E-state index < -0.39 is 39.0 Å². The summed E-state index contributed by atoms with van der Waals surface area (Å²) in [6.45, 7) is 5.62. The number of fused-ring (bicyclic) bond motifs is 1. The predicted octanol–water partition coefficient (Wildman–Crippen LogP) is -7.32. The van der Waals surface area contributed by atoms with Gasteiger partial charge in [-0.2, -0.15) is 0 Å². The summed E-state index contributed by atoms with van der Waals surface area (Å²) in [6, 6.07) is 0. The Morgan fingerprint density at radius 3 is 2.67 bits per heavy atom. The molecule has 2 aromatic rings. The van der Waals surface area contributed by atoms with Gasteiger partial charge in [-0.1, -0.05) is 5.57 Å². The maximum atomic E-state index is 10.6. The number of nitrogens with zero attached hydrogens (tertiary/aromatic N) is 4. The van der Waals surface area contributed by atoms with Crippen LogP contribution < -0.4 is 74.2 Å². The molecule has 0 unspecified atom stereocenters. The van der Waals surface area contributed by atoms with E-state index in [4.69, 9.17) is 4.74 Å². The summed E-state index contributed by atoms with van der Waals surface area (Å²) in [5.74, 6) is 0.483. The molecule has 0 radical (unpaired) electrons. The Kier molecular flexibility index (Phi) is 11.1. The van der Waals surface area contributed by atoms with Crippen LogP contribution in [0.5, 0.6) is 0 Å². The van der Waals surface area contributed by atoms with Gasteiger partial charge in [-0.05, 0) is 13.3 Å². The van der Waals surface area contributed by atoms with Gasteiger partial charge in [0.2, 0.25) is 0 Å². The van der Waals surface area contributed by atoms with Crippen molar-refractivity contribution in [2.24, 2.45) is 0 Å². The van der Waals surface area contributed by atoms with Gasteiger partial charge in [0.15, 0.2) is 23.2 Å². The van der Waals surface area contributed by atoms with Crippen LogP contribution in [-0.2, 0) is 13.8 Å². The van der Waals surface area contributed by atoms with Crippen LogP contribution in [0.25, 0.3) is 11.2 Å². The fraction of sp³-hybridized carbons (Fsp3) is 0.533. The van der Waals surface area contributed by atoms with Crippen molar-refractivity contribution in [3.63, 3.8) is 0 Å². The molecule has 0 aromatic carbocycles. The molecule has 1 aliphatic rings. The van der Waals surface area contributed by atoms with Crippen molar-refractivity contribution in [1.29, 1.82) is 0 Å². The SMILES string of the molecule is C=C(C)CCNc1ncnc2c1ncn2[C@@H]1O[C@H](COP(=O)([O-])[O-])[C@@H](O)[C@H]1O.[Na+].[Na+]. The largest absolute Gasteiger partial charge is 1.00 e. The van der Waals surface area contributed by atoms with E-state index in [-0.39, 0.29) is 59.1 Å². The van der Waals surface area contributed by atoms with Crippen molar-refractivity contribution in [3.8, 4) is 0 Å². The summed E-state index contributed by atoms with van der Waals surface area (Å²) < 4.78 is 21.7. The average molecular weight is 459 g/mol. The zero-order valence-electron chi connectivity index (χ0n) is 17.0. The van der Waals surface area contributed by atoms with Crippen molar-refractivity contribution < 1.29 is 92.9 Å². The van der Waals surface area contributed by atoms with E-state index in [0.29, 0.717) is 23.5 Å². The van der Waals surface area contributed by atoms with Gasteiger partial charge in [-0.3, -0.25) is 4.57 Å². The van der Waals surface area contributed by atoms with Crippen LogP contribution in [0.4, 0.5) is 5.82 Å². The Labute approximate surface area is 216 Å². The van der Waals surface area contributed by atoms with E-state index in [1.807, 2.05) is 6.92 Å². The van der Waals surface area contributed by atoms with Gasteiger partial charge >= 0.3 is 59.1 Å². The van der Waals surface area contributed by atoms with Crippen LogP contribution >= 0.6 is 7.82 Å². The van der Waals surface area contributed by atoms with E-state index in [2.05, 4.69) is 31.4 Å². The third kappa shape index (κ3) is 6.79. The van der Waals surface area contributed by atoms with Crippen molar-refractivity contribution in [2.45, 2.75) is 37.9 Å². The maximum absolute atomic E-state index is 10.6. The molecule has 0 spiro atoms. The molecule has 0 bridgehead atoms. The standard InChI is InChI=1S/C15H22N5O7P.2Na/c1-8(2)3-4-16-13-10-14(18-6-17-13)20(7-19-10)15-12(22)11(21)9(27-15)5-26-28(23,24)25;;/h6-7,9,11-12,15,21-22H,1,3-5H2,2H3,(H,16,17,18)(H2,23,24,25);;/q;2*+1/p-2/t9-,11-,12-,15-;;/m1../s1. The predicted molar refractivity (Wildman–Crippen MR) is 92.7 cm³/mol. The van der Waals surface area contributed by atoms with Gasteiger partial charge in [0.1, 0.15) is 24.6 Å². The van der Waals surface area contributed by atoms with Crippen LogP contribution in [0.2, 0.25) is 0 Å². The van der Waals surface area contributed by atoms with Crippen molar-refractivity contribution >= 4 is 24.8 Å². The number of anilines is 1. The number of phosphoric ester groups is 1. The minimum absolute atomic E-state index is 0. The molecular weight excluding hydrogens is 439 g/mol. The topological polar surface area (TPSA) is 178 Å². The fourth-order valence-electron chi connectivity index (χ4n) is 2.82. The summed E-state index contributed by atoms with van der Waals surface area (Å²) in [5, 5.41) is 23.5. The quantitative estimate of drug-likeness (QED) is 0.194. The van der Waals surface area contributed by atoms with Gasteiger partial charge in [0.05, 0.1) is 20.8 Å². The van der Waals surface area contributed by atoms with Crippen LogP contribution in [0.15, 0.2) is 24.8 Å². The number of aliphatic hydroxyl groups excluding tert-OH is 2. The molecule has 1 saturated heterocycles. The molecule has 0 saturated carbocycles. The summed E-state index contributed by atoms with van der Waals surface area (Å²) in [4.78, 5) is 33.8. The number of hydrogen-bond donors (Lipinski definition) is 3. The molecule has 1 fully saturated rings. The molecule has 12 nitrogen and oxygen atoms in total. The van der Waals surface area contributed by atoms with Gasteiger partial charge in [-0.25, -0.2) is 15.0 Å². The molecule has 3 heterocycles. The second-order valence-corrected chi connectivity index (χ2v) is 7.62. The minimum Gasteiger partial charge on any atom is -0.790 e. The molecule has 3 N–H and O–H groups in total. The first-order valence-electron chi connectivity index (χ1n) is 8.41. The van der Waals surface area contributed by atoms with E-state index in [0.717, 1.165) is 12.0 Å². The molecule has 4 atom stereocenters. The third-order valence-corrected chi connectivity index (χ3v) is 4.68. The number of nitrogens with one attached hydrogen (secondary N) is 1. The van der Waals surface area contributed by atoms with Crippen LogP contribution in [-0.4, -0.2) is 61.2 Å². The number of aromatic nitrogens is 4. The number of aliphatic hydroxyl groups is 2. The Bertz CT molecular complexity index is 911. The molecule has 0 aliphatic carbocycles. The number of imidazole rings is 1. The second kappa shape index (κ2) is 11.8. The van der Waals surface area contributed by atoms with Crippen LogP contribution in [0, 0.1) is 0 Å². The zero-order valence-corrected chi connectivity index (χ0v) is 21.9. The van der Waals surface area contributed by atoms with Crippen LogP contribution in [0.1, 0.15) is 19.6 Å². The first kappa shape index (κ1) is 28.1. The van der Waals surface area contributed by atoms with Gasteiger partial charge < -0.3 is 39.1 Å². The molecule has 154 valence electrons. The van der Waals surface area contributed by atoms with Crippen molar-refractivity contribution in [2.75, 3.05) is 18.5 Å². The molecule has 1 aliphatic heterocycles. The molecule has 2 aromatic heterocycles. The number of ether oxygens (including phenoxy) is 1. The van der Waals surface area contributed by atoms with Crippen molar-refractivity contribution in [3.05, 3.63) is 24.8 Å². The van der Waals surface area contributed by atoms with Crippen LogP contribution in [0.3, 0.4) is 0 Å². The normalized spacial score (nSPS) is 23.6. The van der Waals surface area contributed by atoms with E-state index in [1.165, 1.54) is 17.2 Å². The first-order chi connectivity index (χ1) is 13.2. The smallest absolute Gasteiger partial charge is 0.790 e. The number of rotatable bonds is 8. The molecule has 3 rings (SSSR count). The van der Waals surface area contributed by atoms with Gasteiger partial charge in [0.25, 0.3) is 0 Å². The zero-order chi connectivity index (χ0) is 20.5. The first-order valence-corrected chi connectivity index (χ1v) is 9.87. The van der Waals surface area contributed by atoms with E-state index in [1.54, 1.807) is 0 Å². The van der Waals surface area contributed by atoms with Gasteiger partial charge in [0, 0.05) is 6.54 Å². The Hall–Kier alpha value is 0.0800. The van der Waals surface area contributed by atoms with Gasteiger partial charge in [-0.15, -0.1) is 6.58 Å². The van der Waals surface area contributed by atoms with E-state index >= 15 is 0 Å². The summed E-state index contributed by atoms with van der Waals surface area (Å²) >= 11 is 0. The molecule has 30 heavy (non-hydrogen) atoms. The third-order valence-electron chi connectivity index (χ3n) is 4.21. The maximum Gasteiger partial charge on any atom is 1.00 e. The van der Waals surface area contributed by atoms with E-state index in [9.17, 15) is 24.6 Å². The Balaban J connectivity index is 0.00000225. The molecule has 15 heteroatoms. The number of phosphoric acid groups is 1. The monoisotopic (exact) mass is 459 g/mol. The Morgan fingerprint density at radius 1 is 1.33 bits per heavy atom. The average Bonchev–Trinajstić information content (AvgIpc) is 3.15. The number of hydrogen-bond acceptors (Lipinski definition) is 11. The summed E-state index contributed by atoms with van der Waals surface area (Å²) in [5.41, 5.74) is 1.77. The van der Waals surface area contributed by atoms with Crippen molar-refractivity contribution in [1.82, 2.24) is 19.5 Å². The summed E-state index contributed by atoms with van der Waals surface area (Å²) in [7, 11) is -5.23. The molecule has 0 amide bonds. The summed E-state index contributed by atoms with van der Waals surface area (Å²) in [6.07, 6.45) is -1.80. The minimum atomic E-state index is -5.23. The Morgan fingerprint density at radius 2 is 2.03 bits per heavy atom. The second-order valence-electron chi connectivity index (χ2n) is 6.47. The fourth-order valence-corrected chi connectivity index (χ4v) is 3.15. The molecular formula is C15H20N5Na2O7P.